The lowest BCUT2D eigenvalue weighted by atomic mass is 10.0. The Balaban J connectivity index is 0.000000270. The number of alkyl halides is 2. The maximum absolute atomic E-state index is 15.2. The minimum atomic E-state index is -5.69. The quantitative estimate of drug-likeness (QED) is 0.0838. The molecular weight excluding hydrogens is 974 g/mol. The van der Waals surface area contributed by atoms with Crippen molar-refractivity contribution in [2.75, 3.05) is 18.9 Å². The average Bonchev–Trinajstić information content (AvgIpc) is 3.67. The van der Waals surface area contributed by atoms with Crippen molar-refractivity contribution in [2.45, 2.75) is 62.7 Å². The Bertz CT molecular complexity index is 2590. The molecule has 5 heterocycles. The number of aromatic amines is 2. The molecule has 0 bridgehead atoms. The van der Waals surface area contributed by atoms with Gasteiger partial charge >= 0.3 is 52.6 Å². The van der Waals surface area contributed by atoms with Crippen molar-refractivity contribution in [1.29, 1.82) is 0 Å². The number of rotatable bonds is 16. The molecule has 3 aromatic rings. The monoisotopic (exact) mass is 1010 g/mol. The second-order valence-corrected chi connectivity index (χ2v) is 21.6. The molecule has 3 aromatic heterocycles. The molecule has 0 amide bonds. The first-order chi connectivity index (χ1) is 27.5. The molecule has 0 aromatic carbocycles. The number of nitrogen functional groups attached to an aromatic ring is 1. The van der Waals surface area contributed by atoms with Crippen molar-refractivity contribution in [3.8, 4) is 0 Å². The molecule has 0 radical (unpaired) electrons. The van der Waals surface area contributed by atoms with E-state index in [2.05, 4.69) is 41.2 Å². The van der Waals surface area contributed by atoms with Crippen LogP contribution in [0.15, 0.2) is 33.0 Å². The number of nitrogens with two attached hydrogens (primary N) is 1. The maximum Gasteiger partial charge on any atom is 0.490 e. The van der Waals surface area contributed by atoms with E-state index in [9.17, 15) is 56.0 Å². The maximum atomic E-state index is 15.2. The molecule has 2 aliphatic rings. The highest BCUT2D eigenvalue weighted by molar-refractivity contribution is 7.67. The molecule has 4 unspecified atom stereocenters. The van der Waals surface area contributed by atoms with Gasteiger partial charge in [0.2, 0.25) is 5.95 Å². The first kappa shape index (κ1) is 51.1. The van der Waals surface area contributed by atoms with Crippen LogP contribution < -0.4 is 22.5 Å². The number of hydrogen-bond donors (Lipinski definition) is 11. The Morgan fingerprint density at radius 1 is 0.754 bits per heavy atom. The van der Waals surface area contributed by atoms with Crippen molar-refractivity contribution in [2.24, 2.45) is 0 Å². The zero-order valence-electron chi connectivity index (χ0n) is 30.2. The Labute approximate surface area is 335 Å². The molecule has 61 heavy (non-hydrogen) atoms. The number of nitrogens with one attached hydrogen (secondary N) is 2. The molecular formula is C21H33F2N7O25P6. The first-order valence-electron chi connectivity index (χ1n) is 15.8. The van der Waals surface area contributed by atoms with Gasteiger partial charge in [0.25, 0.3) is 11.1 Å². The zero-order chi connectivity index (χ0) is 46.4. The van der Waals surface area contributed by atoms with E-state index < -0.39 is 126 Å². The molecule has 12 N–H and O–H groups in total. The number of ether oxygens (including phenoxy) is 2. The molecule has 2 fully saturated rings. The Morgan fingerprint density at radius 2 is 1.20 bits per heavy atom. The van der Waals surface area contributed by atoms with Gasteiger partial charge in [-0.15, -0.1) is 0 Å². The molecule has 0 spiro atoms. The molecule has 5 rings (SSSR count). The zero-order valence-corrected chi connectivity index (χ0v) is 35.6. The molecule has 10 atom stereocenters. The molecule has 346 valence electrons. The van der Waals surface area contributed by atoms with E-state index in [1.807, 2.05) is 4.98 Å². The number of hydrogen-bond acceptors (Lipinski definition) is 20. The molecule has 2 saturated heterocycles. The van der Waals surface area contributed by atoms with Crippen LogP contribution in [0.4, 0.5) is 14.7 Å². The fraction of sp³-hybridized carbons (Fsp3) is 0.571. The van der Waals surface area contributed by atoms with Crippen molar-refractivity contribution >= 4 is 64.0 Å². The number of phosphoric ester groups is 2. The lowest BCUT2D eigenvalue weighted by molar-refractivity contribution is -0.0604. The second-order valence-electron chi connectivity index (χ2n) is 12.8. The van der Waals surface area contributed by atoms with Crippen molar-refractivity contribution < 1.29 is 111 Å². The van der Waals surface area contributed by atoms with Crippen molar-refractivity contribution in [3.63, 3.8) is 0 Å². The van der Waals surface area contributed by atoms with Gasteiger partial charge in [0.15, 0.2) is 35.0 Å². The predicted octanol–water partition coefficient (Wildman–Crippen LogP) is -0.0436. The van der Waals surface area contributed by atoms with E-state index >= 15 is 4.39 Å². The van der Waals surface area contributed by atoms with Gasteiger partial charge < -0.3 is 54.4 Å². The van der Waals surface area contributed by atoms with E-state index in [1.165, 1.54) is 0 Å². The Morgan fingerprint density at radius 3 is 1.62 bits per heavy atom. The highest BCUT2D eigenvalue weighted by Gasteiger charge is 2.50. The first-order valence-corrected chi connectivity index (χ1v) is 24.8. The number of nitrogens with zero attached hydrogens (tertiary/aromatic N) is 4. The van der Waals surface area contributed by atoms with Crippen LogP contribution in [0.3, 0.4) is 0 Å². The number of anilines is 1. The summed E-state index contributed by atoms with van der Waals surface area (Å²) >= 11 is 0. The van der Waals surface area contributed by atoms with Crippen LogP contribution in [0.1, 0.15) is 39.1 Å². The van der Waals surface area contributed by atoms with E-state index in [1.54, 1.807) is 0 Å². The summed E-state index contributed by atoms with van der Waals surface area (Å²) in [5.41, 5.74) is -1.43. The molecule has 40 heteroatoms. The Kier molecular flexibility index (Phi) is 15.2. The van der Waals surface area contributed by atoms with Crippen LogP contribution in [-0.4, -0.2) is 105 Å². The van der Waals surface area contributed by atoms with E-state index in [0.29, 0.717) is 0 Å². The number of phosphoric acid groups is 6. The van der Waals surface area contributed by atoms with E-state index in [4.69, 9.17) is 44.6 Å². The average molecular weight is 1010 g/mol. The van der Waals surface area contributed by atoms with Gasteiger partial charge in [-0.2, -0.15) is 22.2 Å². The third kappa shape index (κ3) is 14.7. The highest BCUT2D eigenvalue weighted by Crippen LogP contribution is 2.67. The van der Waals surface area contributed by atoms with Crippen molar-refractivity contribution in [1.82, 2.24) is 29.1 Å². The molecule has 0 saturated carbocycles. The van der Waals surface area contributed by atoms with Gasteiger partial charge in [-0.1, -0.05) is 0 Å². The number of halogens is 2. The summed E-state index contributed by atoms with van der Waals surface area (Å²) in [5.74, 6) is -0.257. The number of aromatic nitrogens is 6. The normalized spacial score (nSPS) is 28.6. The minimum absolute atomic E-state index is 0.0892. The number of imidazole rings is 1. The summed E-state index contributed by atoms with van der Waals surface area (Å²) in [6.07, 6.45) is -4.23. The van der Waals surface area contributed by atoms with E-state index in [0.717, 1.165) is 41.6 Å². The lowest BCUT2D eigenvalue weighted by Crippen LogP contribution is -2.38. The van der Waals surface area contributed by atoms with Gasteiger partial charge in [0, 0.05) is 25.1 Å². The standard InChI is InChI=1S/C11H17FN5O12P3.C10H16FN2O13P3/c1-11(12)2-5(3-26-31(22,23)29-32(24,25)28-30(19,20)21)27-9(11)17-4-14-6-7(17)15-10(13)16-8(6)18;1-10(11)4-6(24-8(10)13-3-2-7(14)12-9(13)15)5-23-28(19,20)26-29(21,22)25-27(16,17)18/h4-5,9H,2-3H2,1H3,(H,22,23)(H,24,25)(H2,19,20,21)(H3,13,15,16,18);2-3,6,8H,4-5H2,1H3,(H,19,20)(H,21,22)(H,12,14,15)(H2,16,17,18)/t5-,9+,11+;6-,8+,10+/m00/s1. The summed E-state index contributed by atoms with van der Waals surface area (Å²) < 4.78 is 133. The topological polar surface area (TPSA) is 483 Å². The molecule has 2 aliphatic heterocycles. The largest absolute Gasteiger partial charge is 0.490 e. The van der Waals surface area contributed by atoms with Crippen LogP contribution in [0.5, 0.6) is 0 Å². The fourth-order valence-corrected chi connectivity index (χ4v) is 11.5. The Hall–Kier alpha value is -2.57. The summed E-state index contributed by atoms with van der Waals surface area (Å²) in [5, 5.41) is 0. The van der Waals surface area contributed by atoms with Gasteiger partial charge in [-0.05, 0) is 13.8 Å². The van der Waals surface area contributed by atoms with Crippen LogP contribution >= 0.6 is 46.9 Å². The molecule has 32 nitrogen and oxygen atoms in total. The summed E-state index contributed by atoms with van der Waals surface area (Å²) in [7, 11) is -33.3. The van der Waals surface area contributed by atoms with Gasteiger partial charge in [-0.3, -0.25) is 37.7 Å². The van der Waals surface area contributed by atoms with E-state index in [-0.39, 0.29) is 17.1 Å². The SMILES string of the molecule is C[C@@]1(F)C[C@@H](COP(=O)(O)OP(=O)(O)OP(=O)(O)O)O[C@H]1n1ccc(=O)[nH]c1=O.C[C@@]1(F)C[C@@H](COP(=O)(O)OP(=O)(O)OP(=O)(O)O)O[C@H]1n1cnc2c(=O)[nH]c(N)nc21. The third-order valence-electron chi connectivity index (χ3n) is 7.41. The molecule has 0 aliphatic carbocycles. The summed E-state index contributed by atoms with van der Waals surface area (Å²) in [6, 6.07) is 0.945. The van der Waals surface area contributed by atoms with Gasteiger partial charge in [0.1, 0.15) is 0 Å². The van der Waals surface area contributed by atoms with Gasteiger partial charge in [-0.25, -0.2) is 45.9 Å². The van der Waals surface area contributed by atoms with Crippen LogP contribution in [0, 0.1) is 0 Å². The van der Waals surface area contributed by atoms with Gasteiger partial charge in [0.05, 0.1) is 31.7 Å². The smallest absolute Gasteiger partial charge is 0.369 e. The summed E-state index contributed by atoms with van der Waals surface area (Å²) in [6.45, 7) is 0.463. The number of fused-ring (bicyclic) bond motifs is 1. The predicted molar refractivity (Wildman–Crippen MR) is 190 cm³/mol. The third-order valence-corrected chi connectivity index (χ3v) is 15.0. The highest BCUT2D eigenvalue weighted by atomic mass is 31.3. The van der Waals surface area contributed by atoms with Crippen LogP contribution in [0.25, 0.3) is 11.2 Å². The van der Waals surface area contributed by atoms with Crippen LogP contribution in [0.2, 0.25) is 0 Å². The fourth-order valence-electron chi connectivity index (χ4n) is 5.43. The van der Waals surface area contributed by atoms with Crippen molar-refractivity contribution in [3.05, 3.63) is 49.8 Å². The second kappa shape index (κ2) is 18.1. The number of H-pyrrole nitrogens is 2. The lowest BCUT2D eigenvalue weighted by Gasteiger charge is -2.22. The van der Waals surface area contributed by atoms with Crippen LogP contribution in [-0.2, 0) is 63.2 Å². The minimum Gasteiger partial charge on any atom is -0.369 e. The summed E-state index contributed by atoms with van der Waals surface area (Å²) in [4.78, 5) is 118.